The van der Waals surface area contributed by atoms with E-state index in [0.29, 0.717) is 25.6 Å². The standard InChI is InChI=1S/C25H25N5O2/c31-24(32)23(29-14-7-15-30(17-16-29)25-26-12-6-13-27-25)21-19-10-4-5-11-20(19)28-22(21)18-8-2-1-3-9-18/h1-6,8-13,23,28H,7,14-17H2,(H,31,32)/t23-/m0/s1. The molecule has 0 unspecified atom stereocenters. The molecule has 0 radical (unpaired) electrons. The van der Waals surface area contributed by atoms with Crippen LogP contribution in [0.15, 0.2) is 73.1 Å². The maximum absolute atomic E-state index is 12.7. The number of nitrogens with one attached hydrogen (secondary N) is 1. The molecule has 7 heteroatoms. The third kappa shape index (κ3) is 3.83. The van der Waals surface area contributed by atoms with Crippen molar-refractivity contribution in [1.82, 2.24) is 19.9 Å². The van der Waals surface area contributed by atoms with E-state index in [1.54, 1.807) is 18.5 Å². The van der Waals surface area contributed by atoms with Crippen molar-refractivity contribution in [3.63, 3.8) is 0 Å². The van der Waals surface area contributed by atoms with Crippen LogP contribution in [0.1, 0.15) is 18.0 Å². The second kappa shape index (κ2) is 8.80. The molecule has 1 aliphatic heterocycles. The molecule has 1 aliphatic rings. The predicted octanol–water partition coefficient (Wildman–Crippen LogP) is 3.96. The molecule has 1 atom stereocenters. The van der Waals surface area contributed by atoms with Crippen molar-refractivity contribution >= 4 is 22.8 Å². The zero-order valence-electron chi connectivity index (χ0n) is 17.7. The van der Waals surface area contributed by atoms with Gasteiger partial charge in [0, 0.05) is 55.0 Å². The van der Waals surface area contributed by atoms with E-state index in [1.165, 1.54) is 0 Å². The number of H-pyrrole nitrogens is 1. The third-order valence-corrected chi connectivity index (χ3v) is 6.05. The second-order valence-corrected chi connectivity index (χ2v) is 7.99. The van der Waals surface area contributed by atoms with Crippen LogP contribution >= 0.6 is 0 Å². The minimum Gasteiger partial charge on any atom is -0.480 e. The minimum absolute atomic E-state index is 0.614. The fourth-order valence-electron chi connectivity index (χ4n) is 4.59. The molecule has 0 bridgehead atoms. The molecule has 1 saturated heterocycles. The molecule has 2 N–H and O–H groups in total. The van der Waals surface area contributed by atoms with Crippen molar-refractivity contribution in [3.8, 4) is 11.3 Å². The van der Waals surface area contributed by atoms with Gasteiger partial charge in [0.25, 0.3) is 0 Å². The Kier molecular flexibility index (Phi) is 5.56. The minimum atomic E-state index is -0.837. The van der Waals surface area contributed by atoms with Crippen molar-refractivity contribution in [1.29, 1.82) is 0 Å². The van der Waals surface area contributed by atoms with Crippen LogP contribution in [0.5, 0.6) is 0 Å². The lowest BCUT2D eigenvalue weighted by Gasteiger charge is -2.28. The Balaban J connectivity index is 1.54. The van der Waals surface area contributed by atoms with Crippen LogP contribution in [0.3, 0.4) is 0 Å². The average molecular weight is 428 g/mol. The number of aromatic amines is 1. The van der Waals surface area contributed by atoms with Gasteiger partial charge in [0.1, 0.15) is 6.04 Å². The highest BCUT2D eigenvalue weighted by molar-refractivity contribution is 5.95. The second-order valence-electron chi connectivity index (χ2n) is 7.99. The monoisotopic (exact) mass is 427 g/mol. The number of hydrogen-bond acceptors (Lipinski definition) is 5. The van der Waals surface area contributed by atoms with Crippen LogP contribution in [0, 0.1) is 0 Å². The van der Waals surface area contributed by atoms with Crippen molar-refractivity contribution in [3.05, 3.63) is 78.6 Å². The number of aromatic nitrogens is 3. The van der Waals surface area contributed by atoms with Crippen LogP contribution in [-0.2, 0) is 4.79 Å². The highest BCUT2D eigenvalue weighted by Crippen LogP contribution is 2.38. The quantitative estimate of drug-likeness (QED) is 0.501. The van der Waals surface area contributed by atoms with Gasteiger partial charge in [-0.3, -0.25) is 9.69 Å². The first-order valence-corrected chi connectivity index (χ1v) is 10.9. The SMILES string of the molecule is O=C(O)[C@H](c1c(-c2ccccc2)[nH]c2ccccc12)N1CCCN(c2ncccn2)CC1. The smallest absolute Gasteiger partial charge is 0.325 e. The topological polar surface area (TPSA) is 85.4 Å². The summed E-state index contributed by atoms with van der Waals surface area (Å²) in [5.74, 6) is -0.144. The number of carboxylic acid groups (broad SMARTS) is 1. The molecule has 7 nitrogen and oxygen atoms in total. The zero-order valence-corrected chi connectivity index (χ0v) is 17.7. The highest BCUT2D eigenvalue weighted by atomic mass is 16.4. The van der Waals surface area contributed by atoms with Crippen LogP contribution < -0.4 is 4.90 Å². The molecule has 0 saturated carbocycles. The van der Waals surface area contributed by atoms with Gasteiger partial charge in [0.2, 0.25) is 5.95 Å². The van der Waals surface area contributed by atoms with E-state index in [0.717, 1.165) is 40.7 Å². The summed E-state index contributed by atoms with van der Waals surface area (Å²) in [7, 11) is 0. The number of carbonyl (C=O) groups is 1. The van der Waals surface area contributed by atoms with Gasteiger partial charge in [-0.1, -0.05) is 48.5 Å². The molecule has 1 fully saturated rings. The predicted molar refractivity (Wildman–Crippen MR) is 125 cm³/mol. The maximum atomic E-state index is 12.7. The summed E-state index contributed by atoms with van der Waals surface area (Å²) >= 11 is 0. The summed E-state index contributed by atoms with van der Waals surface area (Å²) in [4.78, 5) is 29.1. The summed E-state index contributed by atoms with van der Waals surface area (Å²) in [5, 5.41) is 11.4. The van der Waals surface area contributed by atoms with E-state index in [4.69, 9.17) is 0 Å². The number of hydrogen-bond donors (Lipinski definition) is 2. The van der Waals surface area contributed by atoms with Gasteiger partial charge in [0.05, 0.1) is 5.69 Å². The normalized spacial score (nSPS) is 16.1. The molecule has 0 aliphatic carbocycles. The first-order valence-electron chi connectivity index (χ1n) is 10.9. The Bertz CT molecular complexity index is 1210. The summed E-state index contributed by atoms with van der Waals surface area (Å²) in [6.45, 7) is 2.78. The number of carboxylic acids is 1. The van der Waals surface area contributed by atoms with Gasteiger partial charge in [0.15, 0.2) is 0 Å². The fourth-order valence-corrected chi connectivity index (χ4v) is 4.59. The van der Waals surface area contributed by atoms with E-state index < -0.39 is 12.0 Å². The molecule has 2 aromatic carbocycles. The lowest BCUT2D eigenvalue weighted by atomic mass is 9.97. The number of anilines is 1. The molecule has 4 aromatic rings. The summed E-state index contributed by atoms with van der Waals surface area (Å²) in [5.41, 5.74) is 3.62. The molecule has 0 spiro atoms. The van der Waals surface area contributed by atoms with Crippen molar-refractivity contribution in [2.75, 3.05) is 31.1 Å². The molecule has 32 heavy (non-hydrogen) atoms. The van der Waals surface area contributed by atoms with E-state index in [9.17, 15) is 9.90 Å². The molecular weight excluding hydrogens is 402 g/mol. The van der Waals surface area contributed by atoms with Gasteiger partial charge in [-0.2, -0.15) is 0 Å². The highest BCUT2D eigenvalue weighted by Gasteiger charge is 2.34. The number of nitrogens with zero attached hydrogens (tertiary/aromatic N) is 4. The molecule has 0 amide bonds. The Morgan fingerprint density at radius 1 is 0.906 bits per heavy atom. The zero-order chi connectivity index (χ0) is 21.9. The number of rotatable bonds is 5. The van der Waals surface area contributed by atoms with Gasteiger partial charge >= 0.3 is 5.97 Å². The van der Waals surface area contributed by atoms with Crippen molar-refractivity contribution in [2.45, 2.75) is 12.5 Å². The number of benzene rings is 2. The molecular formula is C25H25N5O2. The number of para-hydroxylation sites is 1. The van der Waals surface area contributed by atoms with Crippen molar-refractivity contribution in [2.24, 2.45) is 0 Å². The first kappa shape index (κ1) is 20.2. The van der Waals surface area contributed by atoms with Crippen LogP contribution in [0.2, 0.25) is 0 Å². The third-order valence-electron chi connectivity index (χ3n) is 6.05. The first-order chi connectivity index (χ1) is 15.7. The molecule has 162 valence electrons. The lowest BCUT2D eigenvalue weighted by molar-refractivity contribution is -0.143. The maximum Gasteiger partial charge on any atom is 0.325 e. The van der Waals surface area contributed by atoms with Crippen LogP contribution in [0.25, 0.3) is 22.2 Å². The van der Waals surface area contributed by atoms with Gasteiger partial charge in [-0.15, -0.1) is 0 Å². The summed E-state index contributed by atoms with van der Waals surface area (Å²) in [6.07, 6.45) is 4.32. The van der Waals surface area contributed by atoms with E-state index >= 15 is 0 Å². The number of aliphatic carboxylic acids is 1. The Labute approximate surface area is 186 Å². The van der Waals surface area contributed by atoms with Crippen LogP contribution in [0.4, 0.5) is 5.95 Å². The van der Waals surface area contributed by atoms with Crippen molar-refractivity contribution < 1.29 is 9.90 Å². The Morgan fingerprint density at radius 3 is 2.44 bits per heavy atom. The largest absolute Gasteiger partial charge is 0.480 e. The van der Waals surface area contributed by atoms with E-state index in [-0.39, 0.29) is 0 Å². The average Bonchev–Trinajstić information content (AvgIpc) is 3.03. The molecule has 3 heterocycles. The Morgan fingerprint density at radius 2 is 1.66 bits per heavy atom. The Hall–Kier alpha value is -3.71. The van der Waals surface area contributed by atoms with Crippen LogP contribution in [-0.4, -0.2) is 57.1 Å². The van der Waals surface area contributed by atoms with E-state index in [1.807, 2.05) is 54.6 Å². The van der Waals surface area contributed by atoms with Gasteiger partial charge in [-0.05, 0) is 24.1 Å². The molecule has 5 rings (SSSR count). The van der Waals surface area contributed by atoms with Gasteiger partial charge < -0.3 is 15.0 Å². The lowest BCUT2D eigenvalue weighted by Crippen LogP contribution is -2.37. The summed E-state index contributed by atoms with van der Waals surface area (Å²) < 4.78 is 0. The summed E-state index contributed by atoms with van der Waals surface area (Å²) in [6, 6.07) is 18.9. The number of fused-ring (bicyclic) bond motifs is 1. The van der Waals surface area contributed by atoms with E-state index in [2.05, 4.69) is 24.8 Å². The molecule has 2 aromatic heterocycles. The fraction of sp³-hybridized carbons (Fsp3) is 0.240. The van der Waals surface area contributed by atoms with Gasteiger partial charge in [-0.25, -0.2) is 9.97 Å².